The Morgan fingerprint density at radius 3 is 2.62 bits per heavy atom. The molecule has 0 amide bonds. The Balaban J connectivity index is 1.88. The second-order valence-corrected chi connectivity index (χ2v) is 6.13. The quantitative estimate of drug-likeness (QED) is 0.648. The van der Waals surface area contributed by atoms with Gasteiger partial charge in [-0.1, -0.05) is 25.5 Å². The normalized spacial score (nSPS) is 37.6. The molecule has 2 aliphatic rings. The van der Waals surface area contributed by atoms with Crippen LogP contribution in [0.2, 0.25) is 0 Å². The van der Waals surface area contributed by atoms with Gasteiger partial charge >= 0.3 is 0 Å². The van der Waals surface area contributed by atoms with Crippen LogP contribution in [0.25, 0.3) is 0 Å². The van der Waals surface area contributed by atoms with Crippen LogP contribution in [-0.2, 0) is 4.74 Å². The lowest BCUT2D eigenvalue weighted by Gasteiger charge is -2.28. The lowest BCUT2D eigenvalue weighted by molar-refractivity contribution is -0.0291. The zero-order chi connectivity index (χ0) is 11.7. The van der Waals surface area contributed by atoms with Crippen molar-refractivity contribution >= 4 is 0 Å². The number of hydrogen-bond donors (Lipinski definition) is 0. The summed E-state index contributed by atoms with van der Waals surface area (Å²) in [6.45, 7) is 8.97. The number of hydrogen-bond acceptors (Lipinski definition) is 1. The molecular formula is C15H26O. The summed E-state index contributed by atoms with van der Waals surface area (Å²) in [5.41, 5.74) is 1.66. The van der Waals surface area contributed by atoms with Gasteiger partial charge in [-0.3, -0.25) is 0 Å². The fraction of sp³-hybridized carbons (Fsp3) is 0.867. The van der Waals surface area contributed by atoms with Crippen LogP contribution in [0.3, 0.4) is 0 Å². The fourth-order valence-electron chi connectivity index (χ4n) is 3.64. The summed E-state index contributed by atoms with van der Waals surface area (Å²) in [6.07, 6.45) is 8.52. The van der Waals surface area contributed by atoms with Gasteiger partial charge in [0.05, 0.1) is 12.2 Å². The van der Waals surface area contributed by atoms with Crippen molar-refractivity contribution in [2.24, 2.45) is 17.8 Å². The van der Waals surface area contributed by atoms with Gasteiger partial charge in [0.25, 0.3) is 0 Å². The maximum Gasteiger partial charge on any atom is 0.0646 e. The highest BCUT2D eigenvalue weighted by Crippen LogP contribution is 2.49. The topological polar surface area (TPSA) is 9.23 Å². The van der Waals surface area contributed by atoms with Crippen molar-refractivity contribution in [3.8, 4) is 0 Å². The predicted octanol–water partition coefficient (Wildman–Crippen LogP) is 4.18. The first kappa shape index (κ1) is 12.2. The van der Waals surface area contributed by atoms with Gasteiger partial charge < -0.3 is 4.74 Å². The van der Waals surface area contributed by atoms with Gasteiger partial charge in [-0.2, -0.15) is 0 Å². The fourth-order valence-corrected chi connectivity index (χ4v) is 3.64. The minimum Gasteiger partial charge on any atom is -0.375 e. The number of ether oxygens (including phenoxy) is 1. The van der Waals surface area contributed by atoms with Gasteiger partial charge in [0.2, 0.25) is 0 Å². The molecule has 0 aromatic carbocycles. The molecule has 2 bridgehead atoms. The molecule has 1 heteroatoms. The summed E-state index contributed by atoms with van der Waals surface area (Å²) < 4.78 is 6.25. The Morgan fingerprint density at radius 2 is 2.06 bits per heavy atom. The molecular weight excluding hydrogens is 196 g/mol. The van der Waals surface area contributed by atoms with E-state index in [0.717, 1.165) is 17.8 Å². The van der Waals surface area contributed by atoms with E-state index >= 15 is 0 Å². The maximum atomic E-state index is 6.25. The molecule has 2 saturated carbocycles. The highest BCUT2D eigenvalue weighted by atomic mass is 16.5. The van der Waals surface area contributed by atoms with Crippen molar-refractivity contribution < 1.29 is 4.74 Å². The van der Waals surface area contributed by atoms with E-state index in [1.54, 1.807) is 5.57 Å². The van der Waals surface area contributed by atoms with Gasteiger partial charge in [-0.25, -0.2) is 0 Å². The van der Waals surface area contributed by atoms with Crippen molar-refractivity contribution in [1.29, 1.82) is 0 Å². The standard InChI is InChI=1S/C15H26O/c1-5-13-7-12-8-14(13)15(9-12)16-11(4)6-10(2)3/h5,10-12,14-15H,6-9H2,1-4H3. The van der Waals surface area contributed by atoms with Gasteiger partial charge in [-0.05, 0) is 51.4 Å². The number of rotatable bonds is 4. The first-order chi connectivity index (χ1) is 7.60. The lowest BCUT2D eigenvalue weighted by atomic mass is 9.91. The molecule has 0 spiro atoms. The van der Waals surface area contributed by atoms with Crippen LogP contribution in [0, 0.1) is 17.8 Å². The zero-order valence-corrected chi connectivity index (χ0v) is 11.2. The third-order valence-corrected chi connectivity index (χ3v) is 4.18. The summed E-state index contributed by atoms with van der Waals surface area (Å²) in [5, 5.41) is 0. The van der Waals surface area contributed by atoms with Gasteiger partial charge in [0.15, 0.2) is 0 Å². The van der Waals surface area contributed by atoms with Crippen LogP contribution in [0.4, 0.5) is 0 Å². The van der Waals surface area contributed by atoms with E-state index in [-0.39, 0.29) is 0 Å². The Morgan fingerprint density at radius 1 is 1.31 bits per heavy atom. The van der Waals surface area contributed by atoms with Crippen LogP contribution in [0.15, 0.2) is 11.6 Å². The van der Waals surface area contributed by atoms with E-state index in [1.165, 1.54) is 25.7 Å². The largest absolute Gasteiger partial charge is 0.375 e. The van der Waals surface area contributed by atoms with Gasteiger partial charge in [0, 0.05) is 5.92 Å². The Bertz CT molecular complexity index is 267. The molecule has 0 saturated heterocycles. The Hall–Kier alpha value is -0.300. The molecule has 2 aliphatic carbocycles. The Labute approximate surface area is 100 Å². The van der Waals surface area contributed by atoms with Gasteiger partial charge in [-0.15, -0.1) is 0 Å². The van der Waals surface area contributed by atoms with Crippen LogP contribution >= 0.6 is 0 Å². The first-order valence-electron chi connectivity index (χ1n) is 6.90. The molecule has 2 rings (SSSR count). The van der Waals surface area contributed by atoms with Crippen molar-refractivity contribution in [3.63, 3.8) is 0 Å². The molecule has 0 radical (unpaired) electrons. The molecule has 0 N–H and O–H groups in total. The minimum absolute atomic E-state index is 0.433. The highest BCUT2D eigenvalue weighted by molar-refractivity contribution is 5.19. The van der Waals surface area contributed by atoms with Crippen LogP contribution in [0.1, 0.15) is 53.4 Å². The molecule has 92 valence electrons. The number of fused-ring (bicyclic) bond motifs is 2. The first-order valence-corrected chi connectivity index (χ1v) is 6.90. The molecule has 0 aromatic heterocycles. The molecule has 0 heterocycles. The van der Waals surface area contributed by atoms with Crippen molar-refractivity contribution in [3.05, 3.63) is 11.6 Å². The molecule has 0 aliphatic heterocycles. The van der Waals surface area contributed by atoms with Crippen molar-refractivity contribution in [1.82, 2.24) is 0 Å². The van der Waals surface area contributed by atoms with Crippen molar-refractivity contribution in [2.45, 2.75) is 65.6 Å². The zero-order valence-electron chi connectivity index (χ0n) is 11.2. The number of allylic oxidation sites excluding steroid dienone is 1. The second-order valence-electron chi connectivity index (χ2n) is 6.13. The lowest BCUT2D eigenvalue weighted by Crippen LogP contribution is -2.27. The summed E-state index contributed by atoms with van der Waals surface area (Å²) in [6, 6.07) is 0. The summed E-state index contributed by atoms with van der Waals surface area (Å²) >= 11 is 0. The van der Waals surface area contributed by atoms with E-state index < -0.39 is 0 Å². The molecule has 0 aromatic rings. The van der Waals surface area contributed by atoms with E-state index in [1.807, 2.05) is 0 Å². The van der Waals surface area contributed by atoms with Crippen LogP contribution < -0.4 is 0 Å². The molecule has 16 heavy (non-hydrogen) atoms. The summed E-state index contributed by atoms with van der Waals surface area (Å²) in [7, 11) is 0. The van der Waals surface area contributed by atoms with Gasteiger partial charge in [0.1, 0.15) is 0 Å². The predicted molar refractivity (Wildman–Crippen MR) is 68.4 cm³/mol. The van der Waals surface area contributed by atoms with E-state index in [0.29, 0.717) is 12.2 Å². The third kappa shape index (κ3) is 2.51. The smallest absolute Gasteiger partial charge is 0.0646 e. The maximum absolute atomic E-state index is 6.25. The third-order valence-electron chi connectivity index (χ3n) is 4.18. The molecule has 1 nitrogen and oxygen atoms in total. The average molecular weight is 222 g/mol. The highest BCUT2D eigenvalue weighted by Gasteiger charge is 2.43. The van der Waals surface area contributed by atoms with Crippen LogP contribution in [-0.4, -0.2) is 12.2 Å². The molecule has 4 atom stereocenters. The second kappa shape index (κ2) is 4.91. The summed E-state index contributed by atoms with van der Waals surface area (Å²) in [4.78, 5) is 0. The SMILES string of the molecule is CC=C1CC2CC(OC(C)CC(C)C)C1C2. The Kier molecular flexibility index (Phi) is 3.73. The van der Waals surface area contributed by atoms with Crippen LogP contribution in [0.5, 0.6) is 0 Å². The molecule has 2 fully saturated rings. The monoisotopic (exact) mass is 222 g/mol. The summed E-state index contributed by atoms with van der Waals surface area (Å²) in [5.74, 6) is 2.42. The minimum atomic E-state index is 0.433. The molecule has 4 unspecified atom stereocenters. The van der Waals surface area contributed by atoms with E-state index in [9.17, 15) is 0 Å². The van der Waals surface area contributed by atoms with E-state index in [2.05, 4.69) is 33.8 Å². The van der Waals surface area contributed by atoms with Crippen molar-refractivity contribution in [2.75, 3.05) is 0 Å². The van der Waals surface area contributed by atoms with E-state index in [4.69, 9.17) is 4.74 Å². The average Bonchev–Trinajstić information content (AvgIpc) is 2.74.